The van der Waals surface area contributed by atoms with Gasteiger partial charge in [0, 0.05) is 30.6 Å². The minimum Gasteiger partial charge on any atom is -0.427 e. The fraction of sp³-hybridized carbons (Fsp3) is 0.917. The molecule has 0 amide bonds. The van der Waals surface area contributed by atoms with E-state index >= 15 is 0 Å². The average Bonchev–Trinajstić information content (AvgIpc) is 2.43. The zero-order valence-corrected chi connectivity index (χ0v) is 12.7. The van der Waals surface area contributed by atoms with Crippen LogP contribution < -0.4 is 5.73 Å². The number of nitrogens with two attached hydrogens (primary N) is 1. The van der Waals surface area contributed by atoms with Crippen LogP contribution in [0.15, 0.2) is 0 Å². The van der Waals surface area contributed by atoms with Crippen LogP contribution in [-0.4, -0.2) is 65.4 Å². The lowest BCUT2D eigenvalue weighted by molar-refractivity contribution is -0.191. The van der Waals surface area contributed by atoms with Crippen molar-refractivity contribution < 1.29 is 19.6 Å². The molecule has 0 saturated carbocycles. The average molecular weight is 304 g/mol. The normalized spacial score (nSPS) is 16.8. The van der Waals surface area contributed by atoms with E-state index in [0.717, 1.165) is 32.2 Å². The quantitative estimate of drug-likeness (QED) is 0.422. The van der Waals surface area contributed by atoms with E-state index in [1.165, 1.54) is 24.6 Å². The first kappa shape index (κ1) is 19.6. The van der Waals surface area contributed by atoms with Gasteiger partial charge in [-0.25, -0.2) is 0 Å². The summed E-state index contributed by atoms with van der Waals surface area (Å²) < 4.78 is 0. The van der Waals surface area contributed by atoms with Crippen LogP contribution in [0.4, 0.5) is 0 Å². The zero-order chi connectivity index (χ0) is 15.2. The van der Waals surface area contributed by atoms with Gasteiger partial charge in [-0.05, 0) is 25.7 Å². The highest BCUT2D eigenvalue weighted by Crippen LogP contribution is 2.11. The molecule has 0 radical (unpaired) electrons. The Balaban J connectivity index is 0.00000110. The highest BCUT2D eigenvalue weighted by molar-refractivity contribution is 7.99. The summed E-state index contributed by atoms with van der Waals surface area (Å²) in [5.41, 5.74) is 6.05. The Morgan fingerprint density at radius 1 is 1.20 bits per heavy atom. The third-order valence-electron chi connectivity index (χ3n) is 3.21. The minimum absolute atomic E-state index is 0.250. The van der Waals surface area contributed by atoms with Crippen LogP contribution in [0, 0.1) is 0 Å². The summed E-state index contributed by atoms with van der Waals surface area (Å²) in [6.45, 7) is 3.52. The second kappa shape index (κ2) is 13.6. The van der Waals surface area contributed by atoms with Gasteiger partial charge in [-0.2, -0.15) is 21.4 Å². The molecule has 1 rings (SSSR count). The van der Waals surface area contributed by atoms with Gasteiger partial charge in [0.05, 0.1) is 0 Å². The number of unbranched alkanes of at least 4 members (excludes halogenated alkanes) is 1. The molecule has 0 unspecified atom stereocenters. The van der Waals surface area contributed by atoms with Crippen LogP contribution in [0.2, 0.25) is 6.32 Å². The first-order chi connectivity index (χ1) is 9.60. The van der Waals surface area contributed by atoms with Gasteiger partial charge >= 0.3 is 13.3 Å². The van der Waals surface area contributed by atoms with Crippen LogP contribution in [0.1, 0.15) is 25.7 Å². The molecule has 1 aliphatic heterocycles. The first-order valence-corrected chi connectivity index (χ1v) is 8.16. The number of rotatable bonds is 8. The maximum Gasteiger partial charge on any atom is 0.451 e. The monoisotopic (exact) mass is 304 g/mol. The maximum atomic E-state index is 8.71. The van der Waals surface area contributed by atoms with E-state index in [-0.39, 0.29) is 12.2 Å². The number of hydrogen-bond acceptors (Lipinski definition) is 7. The Labute approximate surface area is 125 Å². The minimum atomic E-state index is -1.16. The smallest absolute Gasteiger partial charge is 0.427 e. The van der Waals surface area contributed by atoms with Crippen LogP contribution in [-0.2, 0) is 9.59 Å². The summed E-state index contributed by atoms with van der Waals surface area (Å²) in [6.07, 6.45) is 4.62. The van der Waals surface area contributed by atoms with Crippen molar-refractivity contribution in [1.29, 1.82) is 0 Å². The molecular formula is C12H25BN2O4S. The molecule has 0 aromatic carbocycles. The molecule has 116 valence electrons. The van der Waals surface area contributed by atoms with Crippen LogP contribution in [0.25, 0.3) is 0 Å². The van der Waals surface area contributed by atoms with E-state index in [0.29, 0.717) is 6.32 Å². The highest BCUT2D eigenvalue weighted by Gasteiger charge is 2.12. The molecule has 0 aromatic heterocycles. The standard InChI is InChI=1S/C11H25BN2O2S.CO2/c13-11(3-1-2-5-12(15)16)4-6-14-7-9-17-10-8-14;2-1-3/h11,15-16H,1-10,13H2;/t11-;/m1./s1. The Bertz CT molecular complexity index is 260. The number of nitrogens with zero attached hydrogens (tertiary/aromatic N) is 1. The van der Waals surface area contributed by atoms with E-state index in [9.17, 15) is 0 Å². The van der Waals surface area contributed by atoms with E-state index in [2.05, 4.69) is 4.90 Å². The highest BCUT2D eigenvalue weighted by atomic mass is 32.2. The van der Waals surface area contributed by atoms with Crippen LogP contribution in [0.5, 0.6) is 0 Å². The van der Waals surface area contributed by atoms with Gasteiger partial charge in [-0.15, -0.1) is 0 Å². The predicted molar refractivity (Wildman–Crippen MR) is 80.2 cm³/mol. The van der Waals surface area contributed by atoms with E-state index < -0.39 is 7.12 Å². The molecule has 0 spiro atoms. The molecule has 0 aromatic rings. The number of thioether (sulfide) groups is 1. The van der Waals surface area contributed by atoms with Gasteiger partial charge in [-0.1, -0.05) is 12.8 Å². The summed E-state index contributed by atoms with van der Waals surface area (Å²) in [4.78, 5) is 18.7. The summed E-state index contributed by atoms with van der Waals surface area (Å²) in [5, 5.41) is 17.4. The van der Waals surface area contributed by atoms with Gasteiger partial charge in [0.2, 0.25) is 0 Å². The molecule has 1 atom stereocenters. The van der Waals surface area contributed by atoms with E-state index in [1.54, 1.807) is 0 Å². The predicted octanol–water partition coefficient (Wildman–Crippen LogP) is -0.188. The molecule has 1 aliphatic rings. The Morgan fingerprint density at radius 3 is 2.35 bits per heavy atom. The second-order valence-corrected chi connectivity index (χ2v) is 6.08. The topological polar surface area (TPSA) is 104 Å². The lowest BCUT2D eigenvalue weighted by atomic mass is 9.83. The molecule has 8 heteroatoms. The van der Waals surface area contributed by atoms with Crippen molar-refractivity contribution in [2.75, 3.05) is 31.1 Å². The van der Waals surface area contributed by atoms with Crippen LogP contribution in [0.3, 0.4) is 0 Å². The molecule has 0 aliphatic carbocycles. The molecule has 0 bridgehead atoms. The molecule has 20 heavy (non-hydrogen) atoms. The molecule has 1 heterocycles. The van der Waals surface area contributed by atoms with Gasteiger partial charge in [0.15, 0.2) is 0 Å². The Morgan fingerprint density at radius 2 is 1.80 bits per heavy atom. The third-order valence-corrected chi connectivity index (χ3v) is 4.15. The Kier molecular flexibility index (Phi) is 13.4. The van der Waals surface area contributed by atoms with E-state index in [4.69, 9.17) is 25.4 Å². The molecule has 1 saturated heterocycles. The molecular weight excluding hydrogens is 279 g/mol. The number of carbonyl (C=O) groups excluding carboxylic acids is 2. The van der Waals surface area contributed by atoms with Crippen molar-refractivity contribution in [3.8, 4) is 0 Å². The fourth-order valence-corrected chi connectivity index (χ4v) is 3.03. The lowest BCUT2D eigenvalue weighted by Gasteiger charge is -2.27. The van der Waals surface area contributed by atoms with Crippen molar-refractivity contribution in [2.45, 2.75) is 38.0 Å². The van der Waals surface area contributed by atoms with Crippen molar-refractivity contribution in [2.24, 2.45) is 5.73 Å². The third kappa shape index (κ3) is 12.7. The van der Waals surface area contributed by atoms with Gasteiger partial charge < -0.3 is 20.7 Å². The fourth-order valence-electron chi connectivity index (χ4n) is 2.05. The van der Waals surface area contributed by atoms with Gasteiger partial charge in [-0.3, -0.25) is 0 Å². The van der Waals surface area contributed by atoms with Crippen molar-refractivity contribution >= 4 is 25.0 Å². The largest absolute Gasteiger partial charge is 0.451 e. The van der Waals surface area contributed by atoms with Crippen LogP contribution >= 0.6 is 11.8 Å². The lowest BCUT2D eigenvalue weighted by Crippen LogP contribution is -2.36. The SMILES string of the molecule is N[C@H](CCCCB(O)O)CCN1CCSCC1.O=C=O. The van der Waals surface area contributed by atoms with Gasteiger partial charge in [0.25, 0.3) is 0 Å². The van der Waals surface area contributed by atoms with E-state index in [1.807, 2.05) is 11.8 Å². The van der Waals surface area contributed by atoms with Crippen molar-refractivity contribution in [3.63, 3.8) is 0 Å². The summed E-state index contributed by atoms with van der Waals surface area (Å²) in [7, 11) is -1.16. The Hall–Kier alpha value is -0.365. The molecule has 6 nitrogen and oxygen atoms in total. The maximum absolute atomic E-state index is 8.71. The molecule has 1 fully saturated rings. The van der Waals surface area contributed by atoms with Crippen molar-refractivity contribution in [1.82, 2.24) is 4.90 Å². The molecule has 4 N–H and O–H groups in total. The summed E-state index contributed by atoms with van der Waals surface area (Å²) in [6, 6.07) is 0.264. The van der Waals surface area contributed by atoms with Gasteiger partial charge in [0.1, 0.15) is 0 Å². The second-order valence-electron chi connectivity index (χ2n) is 4.85. The number of hydrogen-bond donors (Lipinski definition) is 3. The first-order valence-electron chi connectivity index (χ1n) is 7.01. The van der Waals surface area contributed by atoms with Crippen molar-refractivity contribution in [3.05, 3.63) is 0 Å². The summed E-state index contributed by atoms with van der Waals surface area (Å²) in [5.74, 6) is 2.51. The summed E-state index contributed by atoms with van der Waals surface area (Å²) >= 11 is 2.03. The zero-order valence-electron chi connectivity index (χ0n) is 11.9.